The Morgan fingerprint density at radius 2 is 2.07 bits per heavy atom. The minimum atomic E-state index is -0.164. The minimum Gasteiger partial charge on any atom is -0.467 e. The Bertz CT molecular complexity index is 298. The smallest absolute Gasteiger partial charge is 0.322 e. The number of aromatic nitrogens is 3. The molecule has 0 radical (unpaired) electrons. The van der Waals surface area contributed by atoms with E-state index in [1.54, 1.807) is 6.92 Å². The van der Waals surface area contributed by atoms with Gasteiger partial charge in [0.1, 0.15) is 0 Å². The molecule has 1 heterocycles. The van der Waals surface area contributed by atoms with Crippen molar-refractivity contribution in [3.05, 3.63) is 0 Å². The summed E-state index contributed by atoms with van der Waals surface area (Å²) in [6.07, 6.45) is 0. The summed E-state index contributed by atoms with van der Waals surface area (Å²) in [4.78, 5) is 11.7. The van der Waals surface area contributed by atoms with E-state index in [1.165, 1.54) is 7.11 Å². The lowest BCUT2D eigenvalue weighted by molar-refractivity contribution is 0.280. The third kappa shape index (κ3) is 3.18. The van der Waals surface area contributed by atoms with E-state index in [2.05, 4.69) is 25.7 Å². The molecular weight excluding hydrogens is 200 g/mol. The first-order valence-electron chi connectivity index (χ1n) is 4.33. The molecule has 1 aromatic heterocycles. The van der Waals surface area contributed by atoms with Crippen molar-refractivity contribution in [3.63, 3.8) is 0 Å². The second-order valence-corrected chi connectivity index (χ2v) is 2.84. The van der Waals surface area contributed by atoms with E-state index in [0.717, 1.165) is 0 Å². The zero-order valence-corrected chi connectivity index (χ0v) is 8.56. The topological polar surface area (TPSA) is 118 Å². The summed E-state index contributed by atoms with van der Waals surface area (Å²) in [6.45, 7) is 1.76. The number of nitrogens with zero attached hydrogens (tertiary/aromatic N) is 3. The van der Waals surface area contributed by atoms with Crippen LogP contribution < -0.4 is 21.3 Å². The van der Waals surface area contributed by atoms with Crippen molar-refractivity contribution in [2.24, 2.45) is 5.84 Å². The number of aliphatic hydroxyl groups excluding tert-OH is 1. The summed E-state index contributed by atoms with van der Waals surface area (Å²) in [5.41, 5.74) is 2.29. The number of nitrogens with one attached hydrogen (secondary N) is 2. The van der Waals surface area contributed by atoms with Gasteiger partial charge in [0.2, 0.25) is 11.9 Å². The van der Waals surface area contributed by atoms with Crippen molar-refractivity contribution < 1.29 is 9.84 Å². The van der Waals surface area contributed by atoms with Crippen molar-refractivity contribution in [3.8, 4) is 6.01 Å². The molecule has 0 aromatic carbocycles. The molecule has 0 aliphatic rings. The number of nitrogens with two attached hydrogens (primary N) is 1. The van der Waals surface area contributed by atoms with Gasteiger partial charge in [0, 0.05) is 6.04 Å². The highest BCUT2D eigenvalue weighted by atomic mass is 16.5. The van der Waals surface area contributed by atoms with E-state index in [4.69, 9.17) is 15.7 Å². The molecule has 0 saturated carbocycles. The van der Waals surface area contributed by atoms with Crippen LogP contribution in [0.2, 0.25) is 0 Å². The average Bonchev–Trinajstić information content (AvgIpc) is 2.28. The van der Waals surface area contributed by atoms with Crippen LogP contribution in [0.25, 0.3) is 0 Å². The number of anilines is 2. The number of rotatable bonds is 5. The summed E-state index contributed by atoms with van der Waals surface area (Å²) in [5, 5.41) is 11.7. The van der Waals surface area contributed by atoms with E-state index >= 15 is 0 Å². The molecule has 5 N–H and O–H groups in total. The standard InChI is InChI=1S/C7H14N6O2/c1-4(3-14)9-5-10-6(13-8)12-7(11-5)15-2/h4,14H,3,8H2,1-2H3,(H2,9,10,11,12,13). The largest absolute Gasteiger partial charge is 0.467 e. The Morgan fingerprint density at radius 3 is 2.60 bits per heavy atom. The number of nitrogen functional groups attached to an aromatic ring is 1. The fourth-order valence-corrected chi connectivity index (χ4v) is 0.843. The molecule has 1 atom stereocenters. The van der Waals surface area contributed by atoms with Crippen molar-refractivity contribution >= 4 is 11.9 Å². The minimum absolute atomic E-state index is 0.0284. The molecule has 0 spiro atoms. The quantitative estimate of drug-likeness (QED) is 0.362. The molecule has 8 heteroatoms. The third-order valence-corrected chi connectivity index (χ3v) is 1.58. The SMILES string of the molecule is COc1nc(NN)nc(NC(C)CO)n1. The number of aliphatic hydroxyl groups is 1. The molecule has 0 fully saturated rings. The molecule has 0 amide bonds. The van der Waals surface area contributed by atoms with Gasteiger partial charge in [-0.2, -0.15) is 15.0 Å². The molecule has 1 aromatic rings. The zero-order chi connectivity index (χ0) is 11.3. The first kappa shape index (κ1) is 11.4. The highest BCUT2D eigenvalue weighted by molar-refractivity contribution is 5.35. The van der Waals surface area contributed by atoms with Crippen LogP contribution in [0.4, 0.5) is 11.9 Å². The molecule has 15 heavy (non-hydrogen) atoms. The summed E-state index contributed by atoms with van der Waals surface area (Å²) in [5.74, 6) is 5.65. The average molecular weight is 214 g/mol. The van der Waals surface area contributed by atoms with Gasteiger partial charge in [-0.15, -0.1) is 0 Å². The van der Waals surface area contributed by atoms with Crippen molar-refractivity contribution in [1.29, 1.82) is 0 Å². The Kier molecular flexibility index (Phi) is 4.01. The maximum absolute atomic E-state index is 8.84. The maximum atomic E-state index is 8.84. The van der Waals surface area contributed by atoms with Crippen LogP contribution in [0.15, 0.2) is 0 Å². The summed E-state index contributed by atoms with van der Waals surface area (Å²) < 4.78 is 4.85. The van der Waals surface area contributed by atoms with E-state index in [-0.39, 0.29) is 30.6 Å². The van der Waals surface area contributed by atoms with Gasteiger partial charge in [-0.25, -0.2) is 5.84 Å². The highest BCUT2D eigenvalue weighted by Crippen LogP contribution is 2.10. The van der Waals surface area contributed by atoms with E-state index < -0.39 is 0 Å². The van der Waals surface area contributed by atoms with Crippen molar-refractivity contribution in [2.45, 2.75) is 13.0 Å². The van der Waals surface area contributed by atoms with Crippen LogP contribution in [0.3, 0.4) is 0 Å². The summed E-state index contributed by atoms with van der Waals surface area (Å²) in [7, 11) is 1.44. The Labute approximate surface area is 86.9 Å². The van der Waals surface area contributed by atoms with E-state index in [1.807, 2.05) is 0 Å². The van der Waals surface area contributed by atoms with Crippen LogP contribution in [0.1, 0.15) is 6.92 Å². The maximum Gasteiger partial charge on any atom is 0.322 e. The fourth-order valence-electron chi connectivity index (χ4n) is 0.843. The van der Waals surface area contributed by atoms with Gasteiger partial charge < -0.3 is 15.2 Å². The molecule has 84 valence electrons. The van der Waals surface area contributed by atoms with Crippen LogP contribution in [-0.2, 0) is 0 Å². The predicted octanol–water partition coefficient (Wildman–Crippen LogP) is -1.04. The number of methoxy groups -OCH3 is 1. The Morgan fingerprint density at radius 1 is 1.40 bits per heavy atom. The lowest BCUT2D eigenvalue weighted by Gasteiger charge is -2.11. The zero-order valence-electron chi connectivity index (χ0n) is 8.56. The lowest BCUT2D eigenvalue weighted by Crippen LogP contribution is -2.22. The van der Waals surface area contributed by atoms with Gasteiger partial charge in [0.25, 0.3) is 0 Å². The van der Waals surface area contributed by atoms with Crippen LogP contribution in [0.5, 0.6) is 6.01 Å². The van der Waals surface area contributed by atoms with Crippen molar-refractivity contribution in [1.82, 2.24) is 15.0 Å². The summed E-state index contributed by atoms with van der Waals surface area (Å²) >= 11 is 0. The summed E-state index contributed by atoms with van der Waals surface area (Å²) in [6, 6.07) is -0.0201. The molecule has 0 aliphatic carbocycles. The second kappa shape index (κ2) is 5.27. The first-order valence-corrected chi connectivity index (χ1v) is 4.33. The fraction of sp³-hybridized carbons (Fsp3) is 0.571. The second-order valence-electron chi connectivity index (χ2n) is 2.84. The number of ether oxygens (including phenoxy) is 1. The number of hydrogen-bond donors (Lipinski definition) is 4. The van der Waals surface area contributed by atoms with E-state index in [9.17, 15) is 0 Å². The molecule has 0 aliphatic heterocycles. The highest BCUT2D eigenvalue weighted by Gasteiger charge is 2.07. The van der Waals surface area contributed by atoms with Gasteiger partial charge in [-0.05, 0) is 6.92 Å². The van der Waals surface area contributed by atoms with Crippen molar-refractivity contribution in [2.75, 3.05) is 24.5 Å². The third-order valence-electron chi connectivity index (χ3n) is 1.58. The number of hydrazine groups is 1. The monoisotopic (exact) mass is 214 g/mol. The van der Waals surface area contributed by atoms with Crippen LogP contribution in [0, 0.1) is 0 Å². The molecule has 8 nitrogen and oxygen atoms in total. The Balaban J connectivity index is 2.86. The molecular formula is C7H14N6O2. The first-order chi connectivity index (χ1) is 7.19. The van der Waals surface area contributed by atoms with Gasteiger partial charge in [0.15, 0.2) is 0 Å². The molecule has 1 rings (SSSR count). The molecule has 0 saturated heterocycles. The van der Waals surface area contributed by atoms with E-state index in [0.29, 0.717) is 0 Å². The predicted molar refractivity (Wildman–Crippen MR) is 54.4 cm³/mol. The molecule has 1 unspecified atom stereocenters. The van der Waals surface area contributed by atoms with Crippen LogP contribution in [-0.4, -0.2) is 39.8 Å². The Hall–Kier alpha value is -1.67. The van der Waals surface area contributed by atoms with Gasteiger partial charge >= 0.3 is 6.01 Å². The lowest BCUT2D eigenvalue weighted by atomic mass is 10.4. The van der Waals surface area contributed by atoms with Gasteiger partial charge in [0.05, 0.1) is 13.7 Å². The molecule has 0 bridgehead atoms. The van der Waals surface area contributed by atoms with Gasteiger partial charge in [-0.1, -0.05) is 0 Å². The van der Waals surface area contributed by atoms with Crippen LogP contribution >= 0.6 is 0 Å². The number of hydrogen-bond acceptors (Lipinski definition) is 8. The van der Waals surface area contributed by atoms with Gasteiger partial charge in [-0.3, -0.25) is 5.43 Å². The normalized spacial score (nSPS) is 12.0.